The molecule has 136 valence electrons. The molecule has 0 saturated carbocycles. The molecule has 7 nitrogen and oxygen atoms in total. The van der Waals surface area contributed by atoms with Crippen LogP contribution in [0.3, 0.4) is 0 Å². The zero-order valence-corrected chi connectivity index (χ0v) is 15.5. The number of amides is 2. The van der Waals surface area contributed by atoms with Crippen molar-refractivity contribution in [2.24, 2.45) is 0 Å². The maximum absolute atomic E-state index is 12.6. The van der Waals surface area contributed by atoms with Gasteiger partial charge in [-0.3, -0.25) is 4.79 Å². The van der Waals surface area contributed by atoms with E-state index in [-0.39, 0.29) is 6.42 Å². The topological polar surface area (TPSA) is 82.1 Å². The molecule has 1 aliphatic heterocycles. The van der Waals surface area contributed by atoms with Gasteiger partial charge in [-0.15, -0.1) is 0 Å². The van der Waals surface area contributed by atoms with Gasteiger partial charge in [0.1, 0.15) is 17.2 Å². The summed E-state index contributed by atoms with van der Waals surface area (Å²) in [5, 5.41) is 0. The number of rotatable bonds is 2. The summed E-state index contributed by atoms with van der Waals surface area (Å²) in [7, 11) is 1.41. The van der Waals surface area contributed by atoms with Gasteiger partial charge in [0.05, 0.1) is 18.9 Å². The number of likely N-dealkylation sites (tertiary alicyclic amines) is 1. The van der Waals surface area contributed by atoms with Gasteiger partial charge in [0.2, 0.25) is 0 Å². The third-order valence-corrected chi connectivity index (χ3v) is 3.02. The molecule has 1 fully saturated rings. The molecule has 0 aromatic carbocycles. The highest BCUT2D eigenvalue weighted by Gasteiger charge is 2.44. The van der Waals surface area contributed by atoms with Crippen molar-refractivity contribution in [3.05, 3.63) is 11.8 Å². The molecule has 1 unspecified atom stereocenters. The predicted octanol–water partition coefficient (Wildman–Crippen LogP) is 2.78. The Labute approximate surface area is 142 Å². The van der Waals surface area contributed by atoms with E-state index in [0.29, 0.717) is 12.0 Å². The van der Waals surface area contributed by atoms with Crippen molar-refractivity contribution in [1.29, 1.82) is 0 Å². The lowest BCUT2D eigenvalue weighted by atomic mass is 9.98. The molecular formula is C17H27NO6. The minimum atomic E-state index is -1.01. The normalized spacial score (nSPS) is 20.8. The fourth-order valence-corrected chi connectivity index (χ4v) is 2.19. The maximum atomic E-state index is 12.6. The highest BCUT2D eigenvalue weighted by molar-refractivity contribution is 6.06. The number of methoxy groups -OCH3 is 1. The van der Waals surface area contributed by atoms with Gasteiger partial charge in [-0.25, -0.2) is 14.5 Å². The molecule has 0 radical (unpaired) electrons. The molecule has 0 aromatic heterocycles. The minimum Gasteiger partial charge on any atom is -0.504 e. The first-order chi connectivity index (χ1) is 10.9. The molecule has 0 N–H and O–H groups in total. The number of hydrogen-bond acceptors (Lipinski definition) is 6. The quantitative estimate of drug-likeness (QED) is 0.436. The first kappa shape index (κ1) is 20.0. The van der Waals surface area contributed by atoms with Crippen LogP contribution in [0, 0.1) is 0 Å². The lowest BCUT2D eigenvalue weighted by molar-refractivity contribution is -0.165. The first-order valence-electron chi connectivity index (χ1n) is 7.87. The second-order valence-electron chi connectivity index (χ2n) is 7.62. The van der Waals surface area contributed by atoms with Gasteiger partial charge < -0.3 is 14.2 Å². The van der Waals surface area contributed by atoms with E-state index in [9.17, 15) is 14.4 Å². The fourth-order valence-electron chi connectivity index (χ4n) is 2.19. The lowest BCUT2D eigenvalue weighted by Gasteiger charge is -2.35. The number of piperidine rings is 1. The summed E-state index contributed by atoms with van der Waals surface area (Å²) in [6, 6.07) is -1.01. The van der Waals surface area contributed by atoms with Gasteiger partial charge in [0.25, 0.3) is 5.91 Å². The summed E-state index contributed by atoms with van der Waals surface area (Å²) in [5.74, 6) is -1.23. The molecular weight excluding hydrogens is 314 g/mol. The van der Waals surface area contributed by atoms with Crippen molar-refractivity contribution in [3.63, 3.8) is 0 Å². The van der Waals surface area contributed by atoms with Crippen LogP contribution in [0.4, 0.5) is 4.79 Å². The summed E-state index contributed by atoms with van der Waals surface area (Å²) in [6.45, 7) is 10.2. The number of esters is 1. The average Bonchev–Trinajstić information content (AvgIpc) is 2.36. The van der Waals surface area contributed by atoms with Crippen LogP contribution >= 0.6 is 0 Å². The highest BCUT2D eigenvalue weighted by atomic mass is 16.6. The Kier molecular flexibility index (Phi) is 6.03. The molecule has 1 atom stereocenters. The Morgan fingerprint density at radius 3 is 2.08 bits per heavy atom. The average molecular weight is 341 g/mol. The monoisotopic (exact) mass is 341 g/mol. The van der Waals surface area contributed by atoms with Gasteiger partial charge >= 0.3 is 12.1 Å². The molecule has 24 heavy (non-hydrogen) atoms. The Morgan fingerprint density at radius 2 is 1.62 bits per heavy atom. The van der Waals surface area contributed by atoms with Crippen molar-refractivity contribution in [2.45, 2.75) is 71.6 Å². The lowest BCUT2D eigenvalue weighted by Crippen LogP contribution is -2.54. The van der Waals surface area contributed by atoms with Crippen LogP contribution in [0.2, 0.25) is 0 Å². The standard InChI is InChI=1S/C17H27NO6/c1-16(2,3)23-14(20)12-9-8-11(10-22-7)13(19)18(12)15(21)24-17(4,5)6/h10,12H,8-9H2,1-7H3/b11-10+. The second-order valence-corrected chi connectivity index (χ2v) is 7.62. The van der Waals surface area contributed by atoms with Crippen molar-refractivity contribution in [2.75, 3.05) is 7.11 Å². The van der Waals surface area contributed by atoms with Gasteiger partial charge in [-0.05, 0) is 54.4 Å². The molecule has 7 heteroatoms. The van der Waals surface area contributed by atoms with E-state index in [1.54, 1.807) is 41.5 Å². The summed E-state index contributed by atoms with van der Waals surface area (Å²) in [4.78, 5) is 38.3. The molecule has 1 rings (SSSR count). The number of ether oxygens (including phenoxy) is 3. The molecule has 0 aliphatic carbocycles. The van der Waals surface area contributed by atoms with Crippen LogP contribution in [0.15, 0.2) is 11.8 Å². The zero-order valence-electron chi connectivity index (χ0n) is 15.5. The molecule has 1 heterocycles. The Morgan fingerprint density at radius 1 is 1.08 bits per heavy atom. The smallest absolute Gasteiger partial charge is 0.418 e. The summed E-state index contributed by atoms with van der Waals surface area (Å²) >= 11 is 0. The van der Waals surface area contributed by atoms with Crippen molar-refractivity contribution < 1.29 is 28.6 Å². The van der Waals surface area contributed by atoms with Crippen molar-refractivity contribution in [1.82, 2.24) is 4.90 Å². The van der Waals surface area contributed by atoms with E-state index in [1.807, 2.05) is 0 Å². The summed E-state index contributed by atoms with van der Waals surface area (Å²) < 4.78 is 15.5. The number of nitrogens with zero attached hydrogens (tertiary/aromatic N) is 1. The van der Waals surface area contributed by atoms with Crippen LogP contribution in [-0.4, -0.2) is 47.2 Å². The van der Waals surface area contributed by atoms with Crippen molar-refractivity contribution >= 4 is 18.0 Å². The highest BCUT2D eigenvalue weighted by Crippen LogP contribution is 2.27. The molecule has 0 spiro atoms. The Hall–Kier alpha value is -2.05. The van der Waals surface area contributed by atoms with E-state index in [2.05, 4.69) is 0 Å². The van der Waals surface area contributed by atoms with E-state index < -0.39 is 35.2 Å². The SMILES string of the molecule is CO/C=C1\CCC(C(=O)OC(C)(C)C)N(C(=O)OC(C)(C)C)C1=O. The fraction of sp³-hybridized carbons (Fsp3) is 0.706. The van der Waals surface area contributed by atoms with Gasteiger partial charge in [0, 0.05) is 0 Å². The number of imide groups is 1. The third-order valence-electron chi connectivity index (χ3n) is 3.02. The van der Waals surface area contributed by atoms with Crippen LogP contribution in [0.25, 0.3) is 0 Å². The molecule has 1 aliphatic rings. The van der Waals surface area contributed by atoms with E-state index in [4.69, 9.17) is 14.2 Å². The van der Waals surface area contributed by atoms with E-state index in [1.165, 1.54) is 13.4 Å². The third kappa shape index (κ3) is 5.54. The number of hydrogen-bond donors (Lipinski definition) is 0. The largest absolute Gasteiger partial charge is 0.504 e. The van der Waals surface area contributed by atoms with E-state index in [0.717, 1.165) is 4.90 Å². The molecule has 1 saturated heterocycles. The van der Waals surface area contributed by atoms with Crippen LogP contribution < -0.4 is 0 Å². The maximum Gasteiger partial charge on any atom is 0.418 e. The van der Waals surface area contributed by atoms with Gasteiger partial charge in [0.15, 0.2) is 0 Å². The predicted molar refractivity (Wildman–Crippen MR) is 87.0 cm³/mol. The molecule has 0 bridgehead atoms. The van der Waals surface area contributed by atoms with Gasteiger partial charge in [-0.1, -0.05) is 0 Å². The molecule has 2 amide bonds. The molecule has 0 aromatic rings. The number of carbonyl (C=O) groups is 3. The van der Waals surface area contributed by atoms with Crippen LogP contribution in [-0.2, 0) is 23.8 Å². The minimum absolute atomic E-state index is 0.259. The summed E-state index contributed by atoms with van der Waals surface area (Å²) in [5.41, 5.74) is -1.20. The van der Waals surface area contributed by atoms with Crippen LogP contribution in [0.1, 0.15) is 54.4 Å². The first-order valence-corrected chi connectivity index (χ1v) is 7.87. The Bertz CT molecular complexity index is 538. The van der Waals surface area contributed by atoms with E-state index >= 15 is 0 Å². The van der Waals surface area contributed by atoms with Crippen molar-refractivity contribution in [3.8, 4) is 0 Å². The van der Waals surface area contributed by atoms with Gasteiger partial charge in [-0.2, -0.15) is 0 Å². The zero-order chi connectivity index (χ0) is 18.7. The van der Waals surface area contributed by atoms with Crippen LogP contribution in [0.5, 0.6) is 0 Å². The summed E-state index contributed by atoms with van der Waals surface area (Å²) in [6.07, 6.45) is 0.987. The second kappa shape index (κ2) is 7.23. The Balaban J connectivity index is 3.12. The number of carbonyl (C=O) groups excluding carboxylic acids is 3.